The number of nitriles is 3. The van der Waals surface area contributed by atoms with Crippen molar-refractivity contribution < 1.29 is 0 Å². The van der Waals surface area contributed by atoms with Gasteiger partial charge >= 0.3 is 0 Å². The van der Waals surface area contributed by atoms with Crippen molar-refractivity contribution in [2.45, 2.75) is 0 Å². The Morgan fingerprint density at radius 3 is 1.48 bits per heavy atom. The first-order valence-electron chi connectivity index (χ1n) is 14.2. The van der Waals surface area contributed by atoms with Crippen molar-refractivity contribution in [1.29, 1.82) is 15.8 Å². The Balaban J connectivity index is 1.62. The van der Waals surface area contributed by atoms with Crippen molar-refractivity contribution in [1.82, 2.24) is 9.13 Å². The molecule has 2 aromatic heterocycles. The molecule has 0 aliphatic rings. The van der Waals surface area contributed by atoms with Gasteiger partial charge in [-0.05, 0) is 54.6 Å². The first kappa shape index (κ1) is 25.1. The van der Waals surface area contributed by atoms with E-state index in [0.29, 0.717) is 5.56 Å². The van der Waals surface area contributed by atoms with E-state index >= 15 is 0 Å². The second kappa shape index (κ2) is 9.74. The predicted molar refractivity (Wildman–Crippen MR) is 175 cm³/mol. The van der Waals surface area contributed by atoms with Crippen LogP contribution in [0, 0.1) is 34.0 Å². The zero-order valence-electron chi connectivity index (χ0n) is 23.4. The minimum absolute atomic E-state index is 0.278. The van der Waals surface area contributed by atoms with Crippen LogP contribution in [0.1, 0.15) is 16.7 Å². The van der Waals surface area contributed by atoms with Gasteiger partial charge in [-0.25, -0.2) is 0 Å². The molecule has 0 amide bonds. The Labute approximate surface area is 252 Å². The molecule has 44 heavy (non-hydrogen) atoms. The zero-order valence-corrected chi connectivity index (χ0v) is 23.4. The maximum Gasteiger partial charge on any atom is 0.0999 e. The molecule has 202 valence electrons. The predicted octanol–water partition coefficient (Wildman–Crippen LogP) is 9.16. The van der Waals surface area contributed by atoms with E-state index in [0.717, 1.165) is 60.5 Å². The fourth-order valence-corrected chi connectivity index (χ4v) is 6.60. The molecule has 0 atom stereocenters. The summed E-state index contributed by atoms with van der Waals surface area (Å²) in [6, 6.07) is 49.3. The van der Waals surface area contributed by atoms with Gasteiger partial charge in [0.1, 0.15) is 0 Å². The minimum Gasteiger partial charge on any atom is -0.309 e. The van der Waals surface area contributed by atoms with Gasteiger partial charge in [-0.1, -0.05) is 72.8 Å². The van der Waals surface area contributed by atoms with Gasteiger partial charge in [-0.3, -0.25) is 0 Å². The highest BCUT2D eigenvalue weighted by Gasteiger charge is 2.23. The maximum absolute atomic E-state index is 10.4. The highest BCUT2D eigenvalue weighted by molar-refractivity contribution is 6.14. The second-order valence-electron chi connectivity index (χ2n) is 10.7. The quantitative estimate of drug-likeness (QED) is 0.216. The molecule has 0 saturated heterocycles. The summed E-state index contributed by atoms with van der Waals surface area (Å²) in [6.45, 7) is 0. The largest absolute Gasteiger partial charge is 0.309 e. The summed E-state index contributed by atoms with van der Waals surface area (Å²) in [4.78, 5) is 0. The molecular formula is C39H21N5. The highest BCUT2D eigenvalue weighted by Crippen LogP contribution is 2.43. The van der Waals surface area contributed by atoms with Gasteiger partial charge in [-0.2, -0.15) is 15.8 Å². The standard InChI is InChI=1S/C39H21N5/c40-22-25-18-26(23-41)39(27(19-25)24-42)33-21-37-32(31-14-6-7-15-34(31)43(37)28-10-2-1-3-11-28)20-38(33)44-35-16-8-4-12-29(35)30-13-5-9-17-36(30)44/h1-21H. The average Bonchev–Trinajstić information content (AvgIpc) is 3.59. The Kier molecular flexibility index (Phi) is 5.56. The van der Waals surface area contributed by atoms with Crippen LogP contribution in [0.3, 0.4) is 0 Å². The summed E-state index contributed by atoms with van der Waals surface area (Å²) >= 11 is 0. The van der Waals surface area contributed by atoms with Crippen LogP contribution < -0.4 is 0 Å². The van der Waals surface area contributed by atoms with Crippen molar-refractivity contribution in [2.75, 3.05) is 0 Å². The summed E-state index contributed by atoms with van der Waals surface area (Å²) < 4.78 is 4.46. The third kappa shape index (κ3) is 3.56. The number of rotatable bonds is 3. The normalized spacial score (nSPS) is 11.1. The van der Waals surface area contributed by atoms with E-state index in [-0.39, 0.29) is 16.7 Å². The zero-order chi connectivity index (χ0) is 29.8. The lowest BCUT2D eigenvalue weighted by atomic mass is 9.91. The van der Waals surface area contributed by atoms with E-state index in [9.17, 15) is 15.8 Å². The highest BCUT2D eigenvalue weighted by atomic mass is 15.0. The van der Waals surface area contributed by atoms with Gasteiger partial charge in [0, 0.05) is 38.4 Å². The van der Waals surface area contributed by atoms with E-state index in [4.69, 9.17) is 0 Å². The summed E-state index contributed by atoms with van der Waals surface area (Å²) in [7, 11) is 0. The number of hydrogen-bond acceptors (Lipinski definition) is 3. The number of aromatic nitrogens is 2. The molecule has 0 bridgehead atoms. The first-order valence-corrected chi connectivity index (χ1v) is 14.2. The molecule has 0 spiro atoms. The Bertz CT molecular complexity index is 2490. The van der Waals surface area contributed by atoms with Crippen molar-refractivity contribution in [3.05, 3.63) is 144 Å². The van der Waals surface area contributed by atoms with Gasteiger partial charge in [0.25, 0.3) is 0 Å². The first-order chi connectivity index (χ1) is 21.7. The Morgan fingerprint density at radius 2 is 0.932 bits per heavy atom. The molecule has 6 aromatic carbocycles. The minimum atomic E-state index is 0.278. The van der Waals surface area contributed by atoms with Crippen LogP contribution in [0.2, 0.25) is 0 Å². The van der Waals surface area contributed by atoms with Crippen LogP contribution in [-0.2, 0) is 0 Å². The van der Waals surface area contributed by atoms with Crippen LogP contribution in [0.5, 0.6) is 0 Å². The van der Waals surface area contributed by atoms with Gasteiger partial charge in [0.2, 0.25) is 0 Å². The molecule has 0 unspecified atom stereocenters. The number of fused-ring (bicyclic) bond motifs is 6. The lowest BCUT2D eigenvalue weighted by molar-refractivity contribution is 1.17. The van der Waals surface area contributed by atoms with Crippen LogP contribution in [0.25, 0.3) is 66.1 Å². The number of para-hydroxylation sites is 4. The van der Waals surface area contributed by atoms with Gasteiger partial charge in [-0.15, -0.1) is 0 Å². The van der Waals surface area contributed by atoms with Crippen molar-refractivity contribution in [2.24, 2.45) is 0 Å². The van der Waals surface area contributed by atoms with E-state index in [1.807, 2.05) is 54.6 Å². The molecule has 0 N–H and O–H groups in total. The van der Waals surface area contributed by atoms with Gasteiger partial charge in [0.05, 0.1) is 62.7 Å². The fourth-order valence-electron chi connectivity index (χ4n) is 6.60. The van der Waals surface area contributed by atoms with Gasteiger partial charge < -0.3 is 9.13 Å². The van der Waals surface area contributed by atoms with Crippen LogP contribution in [0.4, 0.5) is 0 Å². The molecule has 5 heteroatoms. The van der Waals surface area contributed by atoms with Crippen LogP contribution in [0.15, 0.2) is 127 Å². The van der Waals surface area contributed by atoms with Crippen molar-refractivity contribution >= 4 is 43.6 Å². The van der Waals surface area contributed by atoms with Crippen LogP contribution >= 0.6 is 0 Å². The molecule has 0 aliphatic heterocycles. The average molecular weight is 560 g/mol. The fraction of sp³-hybridized carbons (Fsp3) is 0. The van der Waals surface area contributed by atoms with E-state index in [2.05, 4.69) is 88.0 Å². The summed E-state index contributed by atoms with van der Waals surface area (Å²) in [5.41, 5.74) is 8.00. The topological polar surface area (TPSA) is 81.2 Å². The van der Waals surface area contributed by atoms with Gasteiger partial charge in [0.15, 0.2) is 0 Å². The Hall–Kier alpha value is -6.61. The van der Waals surface area contributed by atoms with E-state index < -0.39 is 0 Å². The van der Waals surface area contributed by atoms with Crippen molar-refractivity contribution in [3.8, 4) is 40.7 Å². The lowest BCUT2D eigenvalue weighted by Crippen LogP contribution is -2.02. The smallest absolute Gasteiger partial charge is 0.0999 e. The summed E-state index contributed by atoms with van der Waals surface area (Å²) in [5, 5.41) is 34.8. The van der Waals surface area contributed by atoms with Crippen LogP contribution in [-0.4, -0.2) is 9.13 Å². The lowest BCUT2D eigenvalue weighted by Gasteiger charge is -2.18. The molecule has 0 aliphatic carbocycles. The Morgan fingerprint density at radius 1 is 0.432 bits per heavy atom. The molecule has 8 rings (SSSR count). The SMILES string of the molecule is N#Cc1cc(C#N)c(-c2cc3c(cc2-n2c4ccccc4c4ccccc42)c2ccccc2n3-c2ccccc2)c(C#N)c1. The molecular weight excluding hydrogens is 538 g/mol. The number of hydrogen-bond donors (Lipinski definition) is 0. The molecule has 8 aromatic rings. The number of nitrogens with zero attached hydrogens (tertiary/aromatic N) is 5. The third-order valence-corrected chi connectivity index (χ3v) is 8.40. The number of benzene rings is 6. The second-order valence-corrected chi connectivity index (χ2v) is 10.7. The summed E-state index contributed by atoms with van der Waals surface area (Å²) in [6.07, 6.45) is 0. The maximum atomic E-state index is 10.4. The van der Waals surface area contributed by atoms with Crippen molar-refractivity contribution in [3.63, 3.8) is 0 Å². The van der Waals surface area contributed by atoms with E-state index in [1.54, 1.807) is 12.1 Å². The molecule has 0 radical (unpaired) electrons. The molecule has 5 nitrogen and oxygen atoms in total. The molecule has 0 fully saturated rings. The monoisotopic (exact) mass is 559 g/mol. The van der Waals surface area contributed by atoms with E-state index in [1.165, 1.54) is 0 Å². The molecule has 2 heterocycles. The third-order valence-electron chi connectivity index (χ3n) is 8.40. The summed E-state index contributed by atoms with van der Waals surface area (Å²) in [5.74, 6) is 0. The molecule has 0 saturated carbocycles.